The third-order valence-corrected chi connectivity index (χ3v) is 9.46. The van der Waals surface area contributed by atoms with E-state index in [1.54, 1.807) is 22.6 Å². The highest BCUT2D eigenvalue weighted by atomic mass is 19.1. The monoisotopic (exact) mass is 581 g/mol. The second kappa shape index (κ2) is 11.1. The Balaban J connectivity index is 1.35. The lowest BCUT2D eigenvalue weighted by Crippen LogP contribution is -2.33. The van der Waals surface area contributed by atoms with Crippen LogP contribution in [0.4, 0.5) is 4.39 Å². The molecule has 4 heterocycles. The van der Waals surface area contributed by atoms with Gasteiger partial charge in [0.25, 0.3) is 11.5 Å². The second-order valence-electron chi connectivity index (χ2n) is 13.0. The third kappa shape index (κ3) is 5.53. The van der Waals surface area contributed by atoms with Gasteiger partial charge in [0.2, 0.25) is 0 Å². The van der Waals surface area contributed by atoms with Crippen LogP contribution < -0.4 is 5.56 Å². The zero-order valence-electron chi connectivity index (χ0n) is 25.3. The summed E-state index contributed by atoms with van der Waals surface area (Å²) in [7, 11) is 1.72. The van der Waals surface area contributed by atoms with Crippen LogP contribution in [0.2, 0.25) is 0 Å². The molecule has 0 spiro atoms. The fourth-order valence-electron chi connectivity index (χ4n) is 6.64. The standard InChI is InChI=1S/C35H40FN5O2/c1-4-39(3)34(42)29-16-25(36)11-12-27(29)24-14-31(23-9-10-23)38-32(15-24)41-20-30(22-7-8-22)28-17-26(37-33(28)35(41)43)19-40-13-5-6-21(2)18-40/h11-12,14-17,20-23,37H,4-10,13,18-19H2,1-3H3/t21-/m0/s1. The minimum atomic E-state index is -0.453. The number of piperidine rings is 1. The first-order valence-electron chi connectivity index (χ1n) is 15.9. The minimum absolute atomic E-state index is 0.120. The number of halogens is 1. The normalized spacial score (nSPS) is 19.2. The summed E-state index contributed by atoms with van der Waals surface area (Å²) < 4.78 is 16.1. The summed E-state index contributed by atoms with van der Waals surface area (Å²) in [6.07, 6.45) is 8.79. The van der Waals surface area contributed by atoms with Gasteiger partial charge in [0.15, 0.2) is 0 Å². The number of amides is 1. The zero-order chi connectivity index (χ0) is 29.8. The van der Waals surface area contributed by atoms with Gasteiger partial charge in [0.1, 0.15) is 17.2 Å². The molecule has 3 fully saturated rings. The number of hydrogen-bond acceptors (Lipinski definition) is 4. The molecule has 1 amide bonds. The van der Waals surface area contributed by atoms with Gasteiger partial charge in [-0.15, -0.1) is 0 Å². The Hall–Kier alpha value is -3.78. The number of pyridine rings is 2. The maximum absolute atomic E-state index is 14.4. The lowest BCUT2D eigenvalue weighted by atomic mass is 9.97. The van der Waals surface area contributed by atoms with Crippen LogP contribution in [0.3, 0.4) is 0 Å². The molecule has 0 radical (unpaired) electrons. The van der Waals surface area contributed by atoms with E-state index in [0.29, 0.717) is 46.8 Å². The quantitative estimate of drug-likeness (QED) is 0.255. The number of nitrogens with zero attached hydrogens (tertiary/aromatic N) is 4. The van der Waals surface area contributed by atoms with Crippen molar-refractivity contribution in [3.63, 3.8) is 0 Å². The van der Waals surface area contributed by atoms with Crippen LogP contribution in [-0.2, 0) is 6.54 Å². The summed E-state index contributed by atoms with van der Waals surface area (Å²) in [5.74, 6) is 1.30. The summed E-state index contributed by atoms with van der Waals surface area (Å²) >= 11 is 0. The van der Waals surface area contributed by atoms with E-state index >= 15 is 0 Å². The van der Waals surface area contributed by atoms with Crippen LogP contribution >= 0.6 is 0 Å². The predicted molar refractivity (Wildman–Crippen MR) is 167 cm³/mol. The van der Waals surface area contributed by atoms with Crippen LogP contribution in [-0.4, -0.2) is 56.9 Å². The Morgan fingerprint density at radius 2 is 1.88 bits per heavy atom. The Kier molecular flexibility index (Phi) is 7.20. The first-order chi connectivity index (χ1) is 20.8. The molecule has 3 aromatic heterocycles. The summed E-state index contributed by atoms with van der Waals surface area (Å²) in [5, 5.41) is 1.02. The topological polar surface area (TPSA) is 74.2 Å². The number of carbonyl (C=O) groups is 1. The van der Waals surface area contributed by atoms with Crippen molar-refractivity contribution in [2.24, 2.45) is 5.92 Å². The number of fused-ring (bicyclic) bond motifs is 1. The molecule has 4 aromatic rings. The van der Waals surface area contributed by atoms with E-state index in [2.05, 4.69) is 22.9 Å². The van der Waals surface area contributed by atoms with Crippen molar-refractivity contribution in [3.8, 4) is 16.9 Å². The predicted octanol–water partition coefficient (Wildman–Crippen LogP) is 6.60. The Bertz CT molecular complexity index is 1770. The summed E-state index contributed by atoms with van der Waals surface area (Å²) in [6, 6.07) is 10.4. The van der Waals surface area contributed by atoms with Gasteiger partial charge in [-0.3, -0.25) is 19.1 Å². The van der Waals surface area contributed by atoms with E-state index in [-0.39, 0.29) is 11.5 Å². The summed E-state index contributed by atoms with van der Waals surface area (Å²) in [5.41, 5.74) is 5.41. The smallest absolute Gasteiger partial charge is 0.280 e. The number of likely N-dealkylation sites (tertiary alicyclic amines) is 1. The van der Waals surface area contributed by atoms with Crippen LogP contribution in [0.25, 0.3) is 27.8 Å². The molecule has 2 aliphatic carbocycles. The highest BCUT2D eigenvalue weighted by Crippen LogP contribution is 2.44. The molecule has 7 nitrogen and oxygen atoms in total. The Morgan fingerprint density at radius 1 is 1.09 bits per heavy atom. The molecule has 1 aromatic carbocycles. The van der Waals surface area contributed by atoms with E-state index in [9.17, 15) is 14.0 Å². The second-order valence-corrected chi connectivity index (χ2v) is 13.0. The van der Waals surface area contributed by atoms with Crippen molar-refractivity contribution in [3.05, 3.63) is 81.3 Å². The molecule has 1 N–H and O–H groups in total. The summed E-state index contributed by atoms with van der Waals surface area (Å²) in [6.45, 7) is 7.70. The molecular weight excluding hydrogens is 541 g/mol. The van der Waals surface area contributed by atoms with E-state index in [4.69, 9.17) is 4.98 Å². The van der Waals surface area contributed by atoms with Crippen molar-refractivity contribution >= 4 is 16.8 Å². The lowest BCUT2D eigenvalue weighted by molar-refractivity contribution is 0.0802. The maximum Gasteiger partial charge on any atom is 0.280 e. The maximum atomic E-state index is 14.4. The Morgan fingerprint density at radius 3 is 2.60 bits per heavy atom. The molecule has 1 atom stereocenters. The molecular formula is C35H40FN5O2. The molecule has 224 valence electrons. The molecule has 0 unspecified atom stereocenters. The van der Waals surface area contributed by atoms with E-state index in [1.165, 1.54) is 30.5 Å². The third-order valence-electron chi connectivity index (χ3n) is 9.46. The van der Waals surface area contributed by atoms with Gasteiger partial charge in [-0.2, -0.15) is 0 Å². The fraction of sp³-hybridized carbons (Fsp3) is 0.457. The molecule has 8 heteroatoms. The number of rotatable bonds is 8. The van der Waals surface area contributed by atoms with Gasteiger partial charge < -0.3 is 9.88 Å². The number of aromatic amines is 1. The van der Waals surface area contributed by atoms with Crippen LogP contribution in [0, 0.1) is 11.7 Å². The van der Waals surface area contributed by atoms with Crippen molar-refractivity contribution in [2.45, 2.75) is 70.8 Å². The average molecular weight is 582 g/mol. The van der Waals surface area contributed by atoms with Crippen LogP contribution in [0.15, 0.2) is 47.4 Å². The van der Waals surface area contributed by atoms with Crippen LogP contribution in [0.1, 0.15) is 91.5 Å². The van der Waals surface area contributed by atoms with Crippen molar-refractivity contribution in [1.29, 1.82) is 0 Å². The number of H-pyrrole nitrogens is 1. The molecule has 7 rings (SSSR count). The SMILES string of the molecule is CCN(C)C(=O)c1cc(F)ccc1-c1cc(C2CC2)nc(-n2cc(C3CC3)c3cc(CN4CCC[C@H](C)C4)[nH]c3c2=O)c1. The molecule has 3 aliphatic rings. The number of benzene rings is 1. The van der Waals surface area contributed by atoms with E-state index < -0.39 is 5.82 Å². The highest BCUT2D eigenvalue weighted by Gasteiger charge is 2.30. The first-order valence-corrected chi connectivity index (χ1v) is 15.9. The van der Waals surface area contributed by atoms with Gasteiger partial charge in [0, 0.05) is 55.6 Å². The van der Waals surface area contributed by atoms with Crippen LogP contribution in [0.5, 0.6) is 0 Å². The van der Waals surface area contributed by atoms with Gasteiger partial charge in [0.05, 0.1) is 5.56 Å². The zero-order valence-corrected chi connectivity index (χ0v) is 25.3. The molecule has 0 bridgehead atoms. The van der Waals surface area contributed by atoms with Crippen molar-refractivity contribution < 1.29 is 9.18 Å². The fourth-order valence-corrected chi connectivity index (χ4v) is 6.64. The van der Waals surface area contributed by atoms with Gasteiger partial charge in [-0.1, -0.05) is 13.0 Å². The van der Waals surface area contributed by atoms with Gasteiger partial charge >= 0.3 is 0 Å². The first kappa shape index (κ1) is 28.0. The van der Waals surface area contributed by atoms with Crippen molar-refractivity contribution in [2.75, 3.05) is 26.7 Å². The van der Waals surface area contributed by atoms with E-state index in [0.717, 1.165) is 67.7 Å². The molecule has 1 saturated heterocycles. The lowest BCUT2D eigenvalue weighted by Gasteiger charge is -2.30. The van der Waals surface area contributed by atoms with Gasteiger partial charge in [-0.05, 0) is 111 Å². The summed E-state index contributed by atoms with van der Waals surface area (Å²) in [4.78, 5) is 40.0. The average Bonchev–Trinajstić information content (AvgIpc) is 3.94. The molecule has 43 heavy (non-hydrogen) atoms. The minimum Gasteiger partial charge on any atom is -0.353 e. The highest BCUT2D eigenvalue weighted by molar-refractivity contribution is 6.01. The molecule has 2 saturated carbocycles. The van der Waals surface area contributed by atoms with Crippen molar-refractivity contribution in [1.82, 2.24) is 24.3 Å². The number of carbonyl (C=O) groups excluding carboxylic acids is 1. The number of nitrogens with one attached hydrogen (secondary N) is 1. The van der Waals surface area contributed by atoms with Gasteiger partial charge in [-0.25, -0.2) is 9.37 Å². The van der Waals surface area contributed by atoms with E-state index in [1.807, 2.05) is 25.3 Å². The largest absolute Gasteiger partial charge is 0.353 e. The molecule has 1 aliphatic heterocycles. The number of hydrogen-bond donors (Lipinski definition) is 1. The Labute approximate surface area is 251 Å². The number of aromatic nitrogens is 3.